The molecule has 0 atom stereocenters. The van der Waals surface area contributed by atoms with Crippen LogP contribution in [0.2, 0.25) is 5.02 Å². The van der Waals surface area contributed by atoms with Gasteiger partial charge in [-0.25, -0.2) is 19.0 Å². The summed E-state index contributed by atoms with van der Waals surface area (Å²) in [5.41, 5.74) is -0.101. The van der Waals surface area contributed by atoms with Crippen LogP contribution in [-0.4, -0.2) is 67.5 Å². The molecule has 4 heterocycles. The van der Waals surface area contributed by atoms with Gasteiger partial charge in [0.15, 0.2) is 5.82 Å². The van der Waals surface area contributed by atoms with E-state index >= 15 is 4.39 Å². The van der Waals surface area contributed by atoms with Crippen molar-refractivity contribution >= 4 is 57.8 Å². The number of pyridine rings is 2. The fraction of sp³-hybridized carbons (Fsp3) is 0.429. The van der Waals surface area contributed by atoms with Crippen molar-refractivity contribution in [3.8, 4) is 11.1 Å². The van der Waals surface area contributed by atoms with E-state index in [1.54, 1.807) is 70.2 Å². The summed E-state index contributed by atoms with van der Waals surface area (Å²) in [5, 5.41) is 8.68. The summed E-state index contributed by atoms with van der Waals surface area (Å²) in [5.74, 6) is 0.257. The molecule has 14 heteroatoms. The van der Waals surface area contributed by atoms with E-state index in [1.165, 1.54) is 18.6 Å². The van der Waals surface area contributed by atoms with Crippen LogP contribution in [0.1, 0.15) is 65.6 Å². The van der Waals surface area contributed by atoms with Crippen molar-refractivity contribution in [1.29, 1.82) is 0 Å². The van der Waals surface area contributed by atoms with Crippen LogP contribution in [0.5, 0.6) is 0 Å². The average molecular weight is 692 g/mol. The Morgan fingerprint density at radius 2 is 1.63 bits per heavy atom. The van der Waals surface area contributed by atoms with E-state index in [0.29, 0.717) is 40.1 Å². The topological polar surface area (TPSA) is 132 Å². The summed E-state index contributed by atoms with van der Waals surface area (Å²) in [7, 11) is 1.82. The third kappa shape index (κ3) is 6.76. The molecule has 0 saturated heterocycles. The van der Waals surface area contributed by atoms with Crippen molar-refractivity contribution in [2.45, 2.75) is 84.5 Å². The second-order valence-corrected chi connectivity index (χ2v) is 15.1. The number of nitrogens with zero attached hydrogens (tertiary/aromatic N) is 6. The van der Waals surface area contributed by atoms with E-state index in [2.05, 4.69) is 20.4 Å². The van der Waals surface area contributed by atoms with Crippen LogP contribution in [0, 0.1) is 12.7 Å². The molecule has 1 N–H and O–H groups in total. The van der Waals surface area contributed by atoms with Crippen LogP contribution in [0.4, 0.5) is 31.3 Å². The van der Waals surface area contributed by atoms with E-state index in [4.69, 9.17) is 21.1 Å². The van der Waals surface area contributed by atoms with Gasteiger partial charge in [-0.2, -0.15) is 10.00 Å². The molecular weight excluding hydrogens is 653 g/mol. The molecule has 0 radical (unpaired) electrons. The maximum atomic E-state index is 16.0. The van der Waals surface area contributed by atoms with Gasteiger partial charge in [-0.05, 0) is 84.4 Å². The van der Waals surface area contributed by atoms with Crippen LogP contribution < -0.4 is 10.2 Å². The lowest BCUT2D eigenvalue weighted by Gasteiger charge is -2.29. The second kappa shape index (κ2) is 12.0. The first kappa shape index (κ1) is 34.1. The van der Waals surface area contributed by atoms with Crippen molar-refractivity contribution < 1.29 is 28.2 Å². The molecule has 1 saturated carbocycles. The normalized spacial score (nSPS) is 15.6. The number of amides is 3. The molecule has 4 aromatic rings. The van der Waals surface area contributed by atoms with E-state index in [1.807, 2.05) is 13.1 Å². The Morgan fingerprint density at radius 3 is 2.24 bits per heavy atom. The van der Waals surface area contributed by atoms with Crippen LogP contribution in [0.3, 0.4) is 0 Å². The SMILES string of the molecule is Cc1c(-c2cc3cc(Nc4cc5n(n4)CC(=O)N(C)CC54CC4)ncc3c(Cl)c2F)cncc1N(C(=O)OC(C)(C)C)C(=O)OC(C)(C)C. The van der Waals surface area contributed by atoms with Crippen molar-refractivity contribution in [3.63, 3.8) is 0 Å². The molecule has 6 rings (SSSR count). The number of carbonyl (C=O) groups is 3. The lowest BCUT2D eigenvalue weighted by atomic mass is 9.98. The molecule has 1 aliphatic heterocycles. The molecule has 258 valence electrons. The minimum atomic E-state index is -0.969. The molecule has 0 unspecified atom stereocenters. The monoisotopic (exact) mass is 691 g/mol. The molecule has 1 fully saturated rings. The number of anilines is 3. The minimum absolute atomic E-state index is 0.00173. The summed E-state index contributed by atoms with van der Waals surface area (Å²) in [4.78, 5) is 50.6. The maximum Gasteiger partial charge on any atom is 0.424 e. The number of rotatable bonds is 4. The standard InChI is InChI=1S/C35H39ClFN7O5/c1-19-22(14-38-16-24(19)44(31(46)48-33(2,3)4)32(47)49-34(5,6)7)21-11-20-12-26(39-15-23(20)29(36)30(21)37)40-27-13-25-35(9-10-35)18-42(8)28(45)17-43(25)41-27/h11-16H,9-10,17-18H2,1-8H3,(H,39,40,41). The van der Waals surface area contributed by atoms with E-state index in [-0.39, 0.29) is 34.1 Å². The predicted molar refractivity (Wildman–Crippen MR) is 184 cm³/mol. The first-order valence-electron chi connectivity index (χ1n) is 15.9. The summed E-state index contributed by atoms with van der Waals surface area (Å²) >= 11 is 6.58. The smallest absolute Gasteiger partial charge is 0.424 e. The van der Waals surface area contributed by atoms with Crippen molar-refractivity contribution in [3.05, 3.63) is 58.9 Å². The number of imide groups is 1. The number of hydrogen-bond acceptors (Lipinski definition) is 9. The third-order valence-corrected chi connectivity index (χ3v) is 8.83. The van der Waals surface area contributed by atoms with Gasteiger partial charge in [0.05, 0.1) is 16.9 Å². The molecule has 1 aliphatic carbocycles. The highest BCUT2D eigenvalue weighted by Crippen LogP contribution is 2.50. The highest BCUT2D eigenvalue weighted by molar-refractivity contribution is 6.36. The van der Waals surface area contributed by atoms with E-state index < -0.39 is 29.2 Å². The Bertz CT molecular complexity index is 1980. The second-order valence-electron chi connectivity index (χ2n) is 14.7. The molecule has 49 heavy (non-hydrogen) atoms. The minimum Gasteiger partial charge on any atom is -0.443 e. The quantitative estimate of drug-likeness (QED) is 0.231. The van der Waals surface area contributed by atoms with Crippen molar-refractivity contribution in [2.24, 2.45) is 0 Å². The van der Waals surface area contributed by atoms with Crippen LogP contribution >= 0.6 is 11.6 Å². The summed E-state index contributed by atoms with van der Waals surface area (Å²) < 4.78 is 28.8. The Hall–Kier alpha value is -4.78. The number of benzene rings is 1. The number of carbonyl (C=O) groups excluding carboxylic acids is 3. The van der Waals surface area contributed by atoms with Crippen molar-refractivity contribution in [2.75, 3.05) is 23.8 Å². The summed E-state index contributed by atoms with van der Waals surface area (Å²) in [6.45, 7) is 12.5. The van der Waals surface area contributed by atoms with Gasteiger partial charge in [-0.1, -0.05) is 11.6 Å². The number of nitrogens with one attached hydrogen (secondary N) is 1. The highest BCUT2D eigenvalue weighted by atomic mass is 35.5. The van der Waals surface area contributed by atoms with Gasteiger partial charge in [0.25, 0.3) is 0 Å². The van der Waals surface area contributed by atoms with Gasteiger partial charge < -0.3 is 19.7 Å². The zero-order valence-corrected chi connectivity index (χ0v) is 29.5. The molecule has 3 amide bonds. The Kier molecular flexibility index (Phi) is 8.33. The number of likely N-dealkylation sites (N-methyl/N-ethyl adjacent to an activating group) is 1. The average Bonchev–Trinajstić information content (AvgIpc) is 3.66. The van der Waals surface area contributed by atoms with E-state index in [9.17, 15) is 14.4 Å². The molecule has 12 nitrogen and oxygen atoms in total. The lowest BCUT2D eigenvalue weighted by molar-refractivity contribution is -0.130. The van der Waals surface area contributed by atoms with Gasteiger partial charge in [0.2, 0.25) is 5.91 Å². The number of halogens is 2. The number of fused-ring (bicyclic) bond motifs is 3. The fourth-order valence-electron chi connectivity index (χ4n) is 5.98. The molecule has 1 aromatic carbocycles. The Balaban J connectivity index is 1.37. The molecule has 3 aromatic heterocycles. The van der Waals surface area contributed by atoms with Gasteiger partial charge in [0, 0.05) is 59.7 Å². The Labute approximate surface area is 288 Å². The van der Waals surface area contributed by atoms with Crippen LogP contribution in [0.15, 0.2) is 36.8 Å². The zero-order valence-electron chi connectivity index (χ0n) is 28.8. The first-order chi connectivity index (χ1) is 22.9. The molecule has 1 spiro atoms. The molecule has 2 aliphatic rings. The van der Waals surface area contributed by atoms with Crippen LogP contribution in [0.25, 0.3) is 21.9 Å². The first-order valence-corrected chi connectivity index (χ1v) is 16.3. The van der Waals surface area contributed by atoms with Crippen molar-refractivity contribution in [1.82, 2.24) is 24.6 Å². The largest absolute Gasteiger partial charge is 0.443 e. The zero-order chi connectivity index (χ0) is 35.6. The number of ether oxygens (including phenoxy) is 2. The van der Waals surface area contributed by atoms with Gasteiger partial charge in [0.1, 0.15) is 29.4 Å². The summed E-state index contributed by atoms with van der Waals surface area (Å²) in [6.07, 6.45) is 4.27. The predicted octanol–water partition coefficient (Wildman–Crippen LogP) is 7.52. The van der Waals surface area contributed by atoms with E-state index in [0.717, 1.165) is 23.4 Å². The Morgan fingerprint density at radius 1 is 0.980 bits per heavy atom. The maximum absolute atomic E-state index is 16.0. The summed E-state index contributed by atoms with van der Waals surface area (Å²) in [6, 6.07) is 5.29. The van der Waals surface area contributed by atoms with Gasteiger partial charge in [-0.15, -0.1) is 0 Å². The van der Waals surface area contributed by atoms with Crippen LogP contribution in [-0.2, 0) is 26.2 Å². The fourth-order valence-corrected chi connectivity index (χ4v) is 6.24. The molecular formula is C35H39ClFN7O5. The number of aromatic nitrogens is 4. The number of hydrogen-bond donors (Lipinski definition) is 1. The van der Waals surface area contributed by atoms with Gasteiger partial charge in [-0.3, -0.25) is 14.5 Å². The lowest BCUT2D eigenvalue weighted by Crippen LogP contribution is -2.44. The third-order valence-electron chi connectivity index (χ3n) is 8.46. The van der Waals surface area contributed by atoms with Gasteiger partial charge >= 0.3 is 12.2 Å². The highest BCUT2D eigenvalue weighted by Gasteiger charge is 2.50. The molecule has 0 bridgehead atoms.